The number of urea groups is 1. The van der Waals surface area contributed by atoms with Gasteiger partial charge >= 0.3 is 6.03 Å². The van der Waals surface area contributed by atoms with E-state index >= 15 is 0 Å². The molecule has 0 unspecified atom stereocenters. The van der Waals surface area contributed by atoms with Crippen molar-refractivity contribution >= 4 is 29.0 Å². The Morgan fingerprint density at radius 2 is 2.15 bits per heavy atom. The molecule has 0 bridgehead atoms. The van der Waals surface area contributed by atoms with Crippen LogP contribution in [0.2, 0.25) is 0 Å². The smallest absolute Gasteiger partial charge is 0.325 e. The highest BCUT2D eigenvalue weighted by Gasteiger charge is 2.31. The fourth-order valence-corrected chi connectivity index (χ4v) is 3.75. The Labute approximate surface area is 160 Å². The number of hydrogen-bond donors (Lipinski definition) is 1. The van der Waals surface area contributed by atoms with Gasteiger partial charge in [-0.3, -0.25) is 9.69 Å². The third-order valence-corrected chi connectivity index (χ3v) is 5.29. The summed E-state index contributed by atoms with van der Waals surface area (Å²) in [5, 5.41) is 5.86. The number of nitrogens with zero attached hydrogens (tertiary/aromatic N) is 3. The highest BCUT2D eigenvalue weighted by molar-refractivity contribution is 7.09. The number of ether oxygens (including phenoxy) is 2. The van der Waals surface area contributed by atoms with Crippen LogP contribution in [-0.2, 0) is 11.2 Å². The molecule has 1 saturated heterocycles. The van der Waals surface area contributed by atoms with E-state index in [9.17, 15) is 9.59 Å². The molecule has 8 nitrogen and oxygen atoms in total. The van der Waals surface area contributed by atoms with Gasteiger partial charge in [-0.15, -0.1) is 11.3 Å². The monoisotopic (exact) mass is 388 g/mol. The molecule has 3 heterocycles. The van der Waals surface area contributed by atoms with Crippen molar-refractivity contribution in [3.8, 4) is 11.5 Å². The van der Waals surface area contributed by atoms with Gasteiger partial charge in [0.05, 0.1) is 10.7 Å². The Balaban J connectivity index is 1.29. The predicted octanol–water partition coefficient (Wildman–Crippen LogP) is 1.78. The number of aryl methyl sites for hydroxylation is 1. The van der Waals surface area contributed by atoms with E-state index in [-0.39, 0.29) is 25.3 Å². The molecular weight excluding hydrogens is 368 g/mol. The molecule has 0 atom stereocenters. The standard InChI is InChI=1S/C18H20N4O4S/c1-12-20-13(10-27-12)4-5-19-17(23)9-21-6-7-22(18(21)24)14-2-3-15-16(8-14)26-11-25-15/h2-3,8,10H,4-7,9,11H2,1H3,(H,19,23). The van der Waals surface area contributed by atoms with Crippen molar-refractivity contribution < 1.29 is 19.1 Å². The van der Waals surface area contributed by atoms with Crippen LogP contribution in [0.25, 0.3) is 0 Å². The maximum absolute atomic E-state index is 12.6. The minimum Gasteiger partial charge on any atom is -0.454 e. The largest absolute Gasteiger partial charge is 0.454 e. The third-order valence-electron chi connectivity index (χ3n) is 4.47. The maximum Gasteiger partial charge on any atom is 0.325 e. The van der Waals surface area contributed by atoms with Crippen molar-refractivity contribution in [2.75, 3.05) is 37.9 Å². The molecule has 2 aliphatic rings. The molecule has 0 radical (unpaired) electrons. The van der Waals surface area contributed by atoms with Gasteiger partial charge in [0.2, 0.25) is 12.7 Å². The molecule has 1 N–H and O–H groups in total. The lowest BCUT2D eigenvalue weighted by atomic mass is 10.2. The molecule has 1 aromatic heterocycles. The lowest BCUT2D eigenvalue weighted by Crippen LogP contribution is -2.40. The average molecular weight is 388 g/mol. The van der Waals surface area contributed by atoms with Gasteiger partial charge in [0.1, 0.15) is 6.54 Å². The molecule has 9 heteroatoms. The van der Waals surface area contributed by atoms with Crippen molar-refractivity contribution in [2.24, 2.45) is 0 Å². The number of anilines is 1. The van der Waals surface area contributed by atoms with Gasteiger partial charge in [0.25, 0.3) is 0 Å². The number of aromatic nitrogens is 1. The molecule has 0 aliphatic carbocycles. The lowest BCUT2D eigenvalue weighted by Gasteiger charge is -2.18. The summed E-state index contributed by atoms with van der Waals surface area (Å²) in [6.07, 6.45) is 0.688. The molecule has 0 spiro atoms. The van der Waals surface area contributed by atoms with Gasteiger partial charge in [0, 0.05) is 43.2 Å². The van der Waals surface area contributed by atoms with Gasteiger partial charge in [-0.05, 0) is 19.1 Å². The summed E-state index contributed by atoms with van der Waals surface area (Å²) in [4.78, 5) is 32.4. The molecule has 4 rings (SSSR count). The zero-order valence-corrected chi connectivity index (χ0v) is 15.8. The van der Waals surface area contributed by atoms with Crippen LogP contribution in [0.1, 0.15) is 10.7 Å². The van der Waals surface area contributed by atoms with E-state index in [0.29, 0.717) is 37.6 Å². The molecule has 142 valence electrons. The minimum absolute atomic E-state index is 0.0516. The normalized spacial score (nSPS) is 15.5. The summed E-state index contributed by atoms with van der Waals surface area (Å²) in [6, 6.07) is 5.23. The Hall–Kier alpha value is -2.81. The zero-order valence-electron chi connectivity index (χ0n) is 14.9. The van der Waals surface area contributed by atoms with Crippen molar-refractivity contribution in [1.82, 2.24) is 15.2 Å². The Bertz CT molecular complexity index is 869. The minimum atomic E-state index is -0.181. The first-order valence-corrected chi connectivity index (χ1v) is 9.62. The number of amides is 3. The molecule has 2 aliphatic heterocycles. The lowest BCUT2D eigenvalue weighted by molar-refractivity contribution is -0.121. The summed E-state index contributed by atoms with van der Waals surface area (Å²) in [5.41, 5.74) is 1.72. The first kappa shape index (κ1) is 17.6. The van der Waals surface area contributed by atoms with Crippen LogP contribution in [0.4, 0.5) is 10.5 Å². The molecular formula is C18H20N4O4S. The Morgan fingerprint density at radius 3 is 2.96 bits per heavy atom. The summed E-state index contributed by atoms with van der Waals surface area (Å²) in [5.74, 6) is 1.15. The fourth-order valence-electron chi connectivity index (χ4n) is 3.10. The Kier molecular flexibility index (Phi) is 4.85. The summed E-state index contributed by atoms with van der Waals surface area (Å²) in [7, 11) is 0. The van der Waals surface area contributed by atoms with Gasteiger partial charge in [-0.2, -0.15) is 0 Å². The molecule has 1 aromatic carbocycles. The zero-order chi connectivity index (χ0) is 18.8. The van der Waals surface area contributed by atoms with E-state index in [2.05, 4.69) is 10.3 Å². The predicted molar refractivity (Wildman–Crippen MR) is 100 cm³/mol. The van der Waals surface area contributed by atoms with E-state index in [1.54, 1.807) is 33.3 Å². The first-order chi connectivity index (χ1) is 13.1. The van der Waals surface area contributed by atoms with Crippen molar-refractivity contribution in [3.05, 3.63) is 34.3 Å². The van der Waals surface area contributed by atoms with E-state index in [1.165, 1.54) is 0 Å². The second-order valence-corrected chi connectivity index (χ2v) is 7.41. The molecule has 0 saturated carbocycles. The number of thiazole rings is 1. The fraction of sp³-hybridized carbons (Fsp3) is 0.389. The molecule has 27 heavy (non-hydrogen) atoms. The van der Waals surface area contributed by atoms with E-state index in [1.807, 2.05) is 18.4 Å². The van der Waals surface area contributed by atoms with Crippen LogP contribution in [0.15, 0.2) is 23.6 Å². The topological polar surface area (TPSA) is 84.0 Å². The van der Waals surface area contributed by atoms with Crippen LogP contribution in [-0.4, -0.2) is 54.8 Å². The summed E-state index contributed by atoms with van der Waals surface area (Å²) >= 11 is 1.60. The second kappa shape index (κ2) is 7.43. The molecule has 2 aromatic rings. The van der Waals surface area contributed by atoms with Crippen LogP contribution in [0.3, 0.4) is 0 Å². The number of benzene rings is 1. The first-order valence-electron chi connectivity index (χ1n) is 8.74. The van der Waals surface area contributed by atoms with E-state index < -0.39 is 0 Å². The van der Waals surface area contributed by atoms with Gasteiger partial charge in [0.15, 0.2) is 11.5 Å². The van der Waals surface area contributed by atoms with Gasteiger partial charge in [-0.1, -0.05) is 0 Å². The van der Waals surface area contributed by atoms with Crippen LogP contribution in [0, 0.1) is 6.92 Å². The summed E-state index contributed by atoms with van der Waals surface area (Å²) < 4.78 is 10.7. The highest BCUT2D eigenvalue weighted by atomic mass is 32.1. The highest BCUT2D eigenvalue weighted by Crippen LogP contribution is 2.36. The maximum atomic E-state index is 12.6. The SMILES string of the molecule is Cc1nc(CCNC(=O)CN2CCN(c3ccc4c(c3)OCO4)C2=O)cs1. The van der Waals surface area contributed by atoms with Crippen LogP contribution in [0.5, 0.6) is 11.5 Å². The third kappa shape index (κ3) is 3.82. The number of rotatable bonds is 6. The van der Waals surface area contributed by atoms with E-state index in [0.717, 1.165) is 16.4 Å². The van der Waals surface area contributed by atoms with Crippen LogP contribution < -0.4 is 19.7 Å². The van der Waals surface area contributed by atoms with Crippen molar-refractivity contribution in [2.45, 2.75) is 13.3 Å². The summed E-state index contributed by atoms with van der Waals surface area (Å²) in [6.45, 7) is 3.75. The quantitative estimate of drug-likeness (QED) is 0.816. The van der Waals surface area contributed by atoms with E-state index in [4.69, 9.17) is 9.47 Å². The van der Waals surface area contributed by atoms with Crippen LogP contribution >= 0.6 is 11.3 Å². The number of carbonyl (C=O) groups excluding carboxylic acids is 2. The van der Waals surface area contributed by atoms with Gasteiger partial charge in [-0.25, -0.2) is 9.78 Å². The number of carbonyl (C=O) groups is 2. The second-order valence-electron chi connectivity index (χ2n) is 6.35. The van der Waals surface area contributed by atoms with Crippen molar-refractivity contribution in [1.29, 1.82) is 0 Å². The molecule has 1 fully saturated rings. The van der Waals surface area contributed by atoms with Crippen molar-refractivity contribution in [3.63, 3.8) is 0 Å². The molecule has 3 amide bonds. The van der Waals surface area contributed by atoms with Gasteiger partial charge < -0.3 is 19.7 Å². The number of nitrogens with one attached hydrogen (secondary N) is 1. The Morgan fingerprint density at radius 1 is 1.30 bits per heavy atom. The number of fused-ring (bicyclic) bond motifs is 1. The average Bonchev–Trinajstić information content (AvgIpc) is 3.36. The number of hydrogen-bond acceptors (Lipinski definition) is 6.